The lowest BCUT2D eigenvalue weighted by Crippen LogP contribution is -1.97. The molecule has 0 saturated heterocycles. The third kappa shape index (κ3) is 3.34. The molecule has 0 unspecified atom stereocenters. The Morgan fingerprint density at radius 1 is 1.35 bits per heavy atom. The number of rotatable bonds is 5. The zero-order valence-corrected chi connectivity index (χ0v) is 11.0. The van der Waals surface area contributed by atoms with E-state index in [2.05, 4.69) is 21.8 Å². The predicted octanol–water partition coefficient (Wildman–Crippen LogP) is 2.97. The second-order valence-corrected chi connectivity index (χ2v) is 5.16. The van der Waals surface area contributed by atoms with Crippen LogP contribution >= 0.6 is 23.3 Å². The first kappa shape index (κ1) is 12.2. The summed E-state index contributed by atoms with van der Waals surface area (Å²) in [6.45, 7) is 2.93. The molecule has 0 atom stereocenters. The van der Waals surface area contributed by atoms with E-state index >= 15 is 0 Å². The second kappa shape index (κ2) is 5.88. The minimum absolute atomic E-state index is 0.290. The molecular formula is C11H13N3OS2. The topological polar surface area (TPSA) is 58.0 Å². The molecule has 0 spiro atoms. The number of hydrogen-bond acceptors (Lipinski definition) is 6. The van der Waals surface area contributed by atoms with E-state index in [1.165, 1.54) is 11.5 Å². The summed E-state index contributed by atoms with van der Waals surface area (Å²) < 4.78 is 3.94. The Morgan fingerprint density at radius 2 is 2.12 bits per heavy atom. The van der Waals surface area contributed by atoms with Gasteiger partial charge in [0.2, 0.25) is 0 Å². The highest BCUT2D eigenvalue weighted by molar-refractivity contribution is 7.98. The molecule has 1 heterocycles. The van der Waals surface area contributed by atoms with Crippen LogP contribution in [0, 0.1) is 0 Å². The Bertz CT molecular complexity index is 470. The molecule has 6 heteroatoms. The Hall–Kier alpha value is -1.27. The minimum Gasteiger partial charge on any atom is -0.508 e. The standard InChI is InChI=1S/C11H13N3OS2/c1-2-12-11-10(13-14-17-11)7-16-9-5-3-8(15)4-6-9/h3-6,12,15H,2,7H2,1H3. The maximum absolute atomic E-state index is 9.18. The fourth-order valence-electron chi connectivity index (χ4n) is 1.29. The molecule has 0 fully saturated rings. The first-order valence-corrected chi connectivity index (χ1v) is 7.02. The molecule has 90 valence electrons. The Kier molecular flexibility index (Phi) is 4.22. The Labute approximate surface area is 108 Å². The maximum Gasteiger partial charge on any atom is 0.134 e. The molecule has 2 aromatic rings. The highest BCUT2D eigenvalue weighted by Gasteiger charge is 2.07. The summed E-state index contributed by atoms with van der Waals surface area (Å²) in [5, 5.41) is 17.6. The highest BCUT2D eigenvalue weighted by Crippen LogP contribution is 2.28. The van der Waals surface area contributed by atoms with Crippen LogP contribution in [0.25, 0.3) is 0 Å². The summed E-state index contributed by atoms with van der Waals surface area (Å²) >= 11 is 3.07. The lowest BCUT2D eigenvalue weighted by atomic mass is 10.3. The van der Waals surface area contributed by atoms with Crippen LogP contribution in [0.4, 0.5) is 5.00 Å². The molecule has 1 aromatic carbocycles. The Balaban J connectivity index is 1.97. The summed E-state index contributed by atoms with van der Waals surface area (Å²) in [4.78, 5) is 1.11. The van der Waals surface area contributed by atoms with Crippen LogP contribution < -0.4 is 5.32 Å². The van der Waals surface area contributed by atoms with Gasteiger partial charge in [0.1, 0.15) is 16.4 Å². The van der Waals surface area contributed by atoms with Gasteiger partial charge >= 0.3 is 0 Å². The average molecular weight is 267 g/mol. The molecule has 0 saturated carbocycles. The number of hydrogen-bond donors (Lipinski definition) is 2. The van der Waals surface area contributed by atoms with Crippen LogP contribution in [0.15, 0.2) is 29.2 Å². The number of phenolic OH excluding ortho intramolecular Hbond substituents is 1. The number of anilines is 1. The van der Waals surface area contributed by atoms with E-state index in [0.29, 0.717) is 0 Å². The van der Waals surface area contributed by atoms with Crippen LogP contribution in [0.2, 0.25) is 0 Å². The highest BCUT2D eigenvalue weighted by atomic mass is 32.2. The van der Waals surface area contributed by atoms with E-state index < -0.39 is 0 Å². The van der Waals surface area contributed by atoms with Crippen molar-refractivity contribution in [1.29, 1.82) is 0 Å². The second-order valence-electron chi connectivity index (χ2n) is 3.36. The van der Waals surface area contributed by atoms with Crippen molar-refractivity contribution in [2.45, 2.75) is 17.6 Å². The molecule has 17 heavy (non-hydrogen) atoms. The van der Waals surface area contributed by atoms with Gasteiger partial charge in [-0.15, -0.1) is 16.9 Å². The predicted molar refractivity (Wildman–Crippen MR) is 71.7 cm³/mol. The van der Waals surface area contributed by atoms with Crippen molar-refractivity contribution in [3.63, 3.8) is 0 Å². The summed E-state index contributed by atoms with van der Waals surface area (Å²) in [7, 11) is 0. The van der Waals surface area contributed by atoms with E-state index in [4.69, 9.17) is 0 Å². The van der Waals surface area contributed by atoms with Crippen molar-refractivity contribution >= 4 is 28.3 Å². The smallest absolute Gasteiger partial charge is 0.134 e. The SMILES string of the molecule is CCNc1snnc1CSc1ccc(O)cc1. The first-order chi connectivity index (χ1) is 8.29. The molecule has 0 radical (unpaired) electrons. The van der Waals surface area contributed by atoms with Gasteiger partial charge < -0.3 is 10.4 Å². The molecule has 4 nitrogen and oxygen atoms in total. The number of thioether (sulfide) groups is 1. The fraction of sp³-hybridized carbons (Fsp3) is 0.273. The van der Waals surface area contributed by atoms with Crippen molar-refractivity contribution in [2.24, 2.45) is 0 Å². The summed E-state index contributed by atoms with van der Waals surface area (Å²) in [5.41, 5.74) is 0.981. The number of nitrogens with one attached hydrogen (secondary N) is 1. The number of aromatic hydroxyl groups is 1. The van der Waals surface area contributed by atoms with Crippen molar-refractivity contribution in [2.75, 3.05) is 11.9 Å². The van der Waals surface area contributed by atoms with Gasteiger partial charge in [-0.05, 0) is 31.2 Å². The maximum atomic E-state index is 9.18. The number of aromatic nitrogens is 2. The summed E-state index contributed by atoms with van der Waals surface area (Å²) in [6, 6.07) is 7.17. The van der Waals surface area contributed by atoms with E-state index in [0.717, 1.165) is 27.9 Å². The van der Waals surface area contributed by atoms with Gasteiger partial charge in [0.25, 0.3) is 0 Å². The van der Waals surface area contributed by atoms with Crippen molar-refractivity contribution in [1.82, 2.24) is 9.59 Å². The largest absolute Gasteiger partial charge is 0.508 e. The molecule has 0 aliphatic heterocycles. The molecule has 0 aliphatic rings. The van der Waals surface area contributed by atoms with Crippen LogP contribution in [0.1, 0.15) is 12.6 Å². The molecule has 2 N–H and O–H groups in total. The number of phenols is 1. The van der Waals surface area contributed by atoms with Gasteiger partial charge in [-0.2, -0.15) is 0 Å². The number of benzene rings is 1. The summed E-state index contributed by atoms with van der Waals surface area (Å²) in [5.74, 6) is 1.07. The Morgan fingerprint density at radius 3 is 2.82 bits per heavy atom. The van der Waals surface area contributed by atoms with Gasteiger partial charge in [0.05, 0.1) is 0 Å². The minimum atomic E-state index is 0.290. The molecule has 0 bridgehead atoms. The zero-order chi connectivity index (χ0) is 12.1. The molecule has 0 amide bonds. The van der Waals surface area contributed by atoms with Gasteiger partial charge in [-0.3, -0.25) is 0 Å². The van der Waals surface area contributed by atoms with Crippen LogP contribution in [0.5, 0.6) is 5.75 Å². The van der Waals surface area contributed by atoms with Gasteiger partial charge in [-0.25, -0.2) is 0 Å². The molecular weight excluding hydrogens is 254 g/mol. The first-order valence-electron chi connectivity index (χ1n) is 5.26. The van der Waals surface area contributed by atoms with E-state index in [9.17, 15) is 5.11 Å². The average Bonchev–Trinajstić information content (AvgIpc) is 2.77. The van der Waals surface area contributed by atoms with E-state index in [1.807, 2.05) is 12.1 Å². The van der Waals surface area contributed by atoms with Crippen molar-refractivity contribution < 1.29 is 5.11 Å². The number of nitrogens with zero attached hydrogens (tertiary/aromatic N) is 2. The van der Waals surface area contributed by atoms with Crippen molar-refractivity contribution in [3.05, 3.63) is 30.0 Å². The summed E-state index contributed by atoms with van der Waals surface area (Å²) in [6.07, 6.45) is 0. The monoisotopic (exact) mass is 267 g/mol. The quantitative estimate of drug-likeness (QED) is 0.816. The molecule has 0 aliphatic carbocycles. The van der Waals surface area contributed by atoms with Crippen LogP contribution in [0.3, 0.4) is 0 Å². The van der Waals surface area contributed by atoms with Gasteiger partial charge in [0, 0.05) is 28.7 Å². The fourth-order valence-corrected chi connectivity index (χ4v) is 2.87. The lowest BCUT2D eigenvalue weighted by Gasteiger charge is -2.02. The van der Waals surface area contributed by atoms with Gasteiger partial charge in [-0.1, -0.05) is 4.49 Å². The lowest BCUT2D eigenvalue weighted by molar-refractivity contribution is 0.475. The van der Waals surface area contributed by atoms with E-state index in [-0.39, 0.29) is 5.75 Å². The normalized spacial score (nSPS) is 10.4. The third-order valence-electron chi connectivity index (χ3n) is 2.11. The third-order valence-corrected chi connectivity index (χ3v) is 3.85. The molecule has 2 rings (SSSR count). The van der Waals surface area contributed by atoms with E-state index in [1.54, 1.807) is 23.9 Å². The van der Waals surface area contributed by atoms with Crippen LogP contribution in [-0.4, -0.2) is 21.2 Å². The van der Waals surface area contributed by atoms with Crippen LogP contribution in [-0.2, 0) is 5.75 Å². The molecule has 1 aromatic heterocycles. The van der Waals surface area contributed by atoms with Crippen molar-refractivity contribution in [3.8, 4) is 5.75 Å². The van der Waals surface area contributed by atoms with Gasteiger partial charge in [0.15, 0.2) is 0 Å². The zero-order valence-electron chi connectivity index (χ0n) is 9.38.